The molecule has 1 unspecified atom stereocenters. The molecule has 1 aromatic heterocycles. The maximum atomic E-state index is 12.1. The van der Waals surface area contributed by atoms with Gasteiger partial charge in [-0.3, -0.25) is 4.79 Å². The van der Waals surface area contributed by atoms with E-state index in [1.165, 1.54) is 0 Å². The molecule has 5 heteroatoms. The maximum Gasteiger partial charge on any atom is 0.268 e. The fourth-order valence-corrected chi connectivity index (χ4v) is 2.21. The smallest absolute Gasteiger partial charge is 0.268 e. The maximum absolute atomic E-state index is 12.1. The van der Waals surface area contributed by atoms with Gasteiger partial charge in [0.1, 0.15) is 0 Å². The van der Waals surface area contributed by atoms with Gasteiger partial charge in [0, 0.05) is 25.7 Å². The Morgan fingerprint density at radius 1 is 1.35 bits per heavy atom. The van der Waals surface area contributed by atoms with Crippen molar-refractivity contribution in [1.82, 2.24) is 15.1 Å². The predicted molar refractivity (Wildman–Crippen MR) is 84.4 cm³/mol. The highest BCUT2D eigenvalue weighted by Crippen LogP contribution is 2.08. The summed E-state index contributed by atoms with van der Waals surface area (Å²) in [5.74, 6) is 0.394. The number of anilines is 1. The Balaban J connectivity index is 2.66. The van der Waals surface area contributed by atoms with Crippen LogP contribution in [0.4, 0.5) is 5.69 Å². The molecule has 114 valence electrons. The van der Waals surface area contributed by atoms with Gasteiger partial charge in [0.15, 0.2) is 0 Å². The van der Waals surface area contributed by atoms with Crippen molar-refractivity contribution in [3.05, 3.63) is 22.6 Å². The van der Waals surface area contributed by atoms with Gasteiger partial charge in [-0.15, -0.1) is 0 Å². The Kier molecular flexibility index (Phi) is 7.30. The summed E-state index contributed by atoms with van der Waals surface area (Å²) < 4.78 is 1.56. The second-order valence-corrected chi connectivity index (χ2v) is 5.22. The molecule has 5 nitrogen and oxygen atoms in total. The number of hydrogen-bond donors (Lipinski definition) is 1. The van der Waals surface area contributed by atoms with Crippen molar-refractivity contribution in [2.24, 2.45) is 5.92 Å². The highest BCUT2D eigenvalue weighted by molar-refractivity contribution is 5.42. The number of nitrogens with one attached hydrogen (secondary N) is 1. The van der Waals surface area contributed by atoms with E-state index in [-0.39, 0.29) is 5.56 Å². The van der Waals surface area contributed by atoms with Crippen LogP contribution >= 0.6 is 0 Å². The fourth-order valence-electron chi connectivity index (χ4n) is 2.21. The Labute approximate surface area is 122 Å². The molecule has 1 N–H and O–H groups in total. The molecule has 0 saturated heterocycles. The average molecular weight is 280 g/mol. The molecule has 0 aliphatic heterocycles. The van der Waals surface area contributed by atoms with Gasteiger partial charge in [-0.2, -0.15) is 5.10 Å². The van der Waals surface area contributed by atoms with Crippen molar-refractivity contribution < 1.29 is 0 Å². The van der Waals surface area contributed by atoms with E-state index < -0.39 is 0 Å². The molecule has 0 saturated carbocycles. The summed E-state index contributed by atoms with van der Waals surface area (Å²) in [5, 5.41) is 7.67. The van der Waals surface area contributed by atoms with Gasteiger partial charge in [0.25, 0.3) is 5.56 Å². The topological polar surface area (TPSA) is 50.2 Å². The first-order chi connectivity index (χ1) is 9.62. The molecule has 0 bridgehead atoms. The Morgan fingerprint density at radius 3 is 2.60 bits per heavy atom. The van der Waals surface area contributed by atoms with E-state index >= 15 is 0 Å². The third kappa shape index (κ3) is 4.96. The van der Waals surface area contributed by atoms with Crippen molar-refractivity contribution in [3.8, 4) is 0 Å². The second kappa shape index (κ2) is 8.74. The lowest BCUT2D eigenvalue weighted by molar-refractivity contribution is 0.410. The highest BCUT2D eigenvalue weighted by atomic mass is 16.1. The molecule has 20 heavy (non-hydrogen) atoms. The van der Waals surface area contributed by atoms with Gasteiger partial charge >= 0.3 is 0 Å². The number of rotatable bonds is 9. The summed E-state index contributed by atoms with van der Waals surface area (Å²) in [4.78, 5) is 14.2. The van der Waals surface area contributed by atoms with Crippen LogP contribution in [0.25, 0.3) is 0 Å². The molecule has 1 rings (SSSR count). The van der Waals surface area contributed by atoms with Crippen molar-refractivity contribution in [3.63, 3.8) is 0 Å². The van der Waals surface area contributed by atoms with E-state index in [1.54, 1.807) is 16.9 Å². The second-order valence-electron chi connectivity index (χ2n) is 5.22. The first-order valence-electron chi connectivity index (χ1n) is 7.65. The molecule has 1 aromatic rings. The molecule has 1 atom stereocenters. The molecule has 0 spiro atoms. The lowest BCUT2D eigenvalue weighted by Gasteiger charge is -2.21. The molecule has 0 amide bonds. The fraction of sp³-hybridized carbons (Fsp3) is 0.733. The third-order valence-corrected chi connectivity index (χ3v) is 3.39. The van der Waals surface area contributed by atoms with Crippen LogP contribution in [0.15, 0.2) is 17.1 Å². The molecule has 0 radical (unpaired) electrons. The SMILES string of the molecule is CCCNCC(C)Cn1ncc(N(CC)CC)cc1=O. The van der Waals surface area contributed by atoms with Crippen LogP contribution in [0.1, 0.15) is 34.1 Å². The minimum atomic E-state index is -0.0169. The van der Waals surface area contributed by atoms with E-state index in [1.807, 2.05) is 0 Å². The summed E-state index contributed by atoms with van der Waals surface area (Å²) in [6.07, 6.45) is 2.92. The van der Waals surface area contributed by atoms with Crippen LogP contribution in [0.3, 0.4) is 0 Å². The highest BCUT2D eigenvalue weighted by Gasteiger charge is 2.08. The van der Waals surface area contributed by atoms with Crippen LogP contribution in [0.5, 0.6) is 0 Å². The van der Waals surface area contributed by atoms with E-state index in [0.29, 0.717) is 12.5 Å². The standard InChI is InChI=1S/C15H28N4O/c1-5-8-16-10-13(4)12-19-15(20)9-14(11-17-19)18(6-2)7-3/h9,11,13,16H,5-8,10,12H2,1-4H3. The first kappa shape index (κ1) is 16.7. The predicted octanol–water partition coefficient (Wildman–Crippen LogP) is 1.73. The zero-order valence-electron chi connectivity index (χ0n) is 13.2. The van der Waals surface area contributed by atoms with E-state index in [2.05, 4.69) is 43.0 Å². The van der Waals surface area contributed by atoms with Gasteiger partial charge in [0.05, 0.1) is 11.9 Å². The van der Waals surface area contributed by atoms with Gasteiger partial charge < -0.3 is 10.2 Å². The molecule has 0 aliphatic carbocycles. The van der Waals surface area contributed by atoms with Crippen LogP contribution < -0.4 is 15.8 Å². The summed E-state index contributed by atoms with van der Waals surface area (Å²) in [6.45, 7) is 12.8. The largest absolute Gasteiger partial charge is 0.371 e. The molecular weight excluding hydrogens is 252 g/mol. The monoisotopic (exact) mass is 280 g/mol. The minimum absolute atomic E-state index is 0.0169. The number of nitrogens with zero attached hydrogens (tertiary/aromatic N) is 3. The molecule has 0 fully saturated rings. The number of hydrogen-bond acceptors (Lipinski definition) is 4. The normalized spacial score (nSPS) is 12.4. The van der Waals surface area contributed by atoms with Crippen LogP contribution in [0, 0.1) is 5.92 Å². The molecule has 1 heterocycles. The quantitative estimate of drug-likeness (QED) is 0.700. The van der Waals surface area contributed by atoms with Crippen molar-refractivity contribution >= 4 is 5.69 Å². The van der Waals surface area contributed by atoms with Crippen LogP contribution in [-0.4, -0.2) is 36.0 Å². The minimum Gasteiger partial charge on any atom is -0.371 e. The molecular formula is C15H28N4O. The third-order valence-electron chi connectivity index (χ3n) is 3.39. The van der Waals surface area contributed by atoms with Crippen molar-refractivity contribution in [2.45, 2.75) is 40.7 Å². The molecule has 0 aromatic carbocycles. The van der Waals surface area contributed by atoms with E-state index in [0.717, 1.165) is 38.3 Å². The van der Waals surface area contributed by atoms with Crippen LogP contribution in [-0.2, 0) is 6.54 Å². The van der Waals surface area contributed by atoms with Crippen molar-refractivity contribution in [1.29, 1.82) is 0 Å². The van der Waals surface area contributed by atoms with E-state index in [4.69, 9.17) is 0 Å². The lowest BCUT2D eigenvalue weighted by atomic mass is 10.2. The number of aromatic nitrogens is 2. The van der Waals surface area contributed by atoms with Crippen molar-refractivity contribution in [2.75, 3.05) is 31.1 Å². The first-order valence-corrected chi connectivity index (χ1v) is 7.65. The summed E-state index contributed by atoms with van der Waals surface area (Å²) >= 11 is 0. The zero-order valence-corrected chi connectivity index (χ0v) is 13.2. The Bertz CT molecular complexity index is 440. The Morgan fingerprint density at radius 2 is 2.05 bits per heavy atom. The van der Waals surface area contributed by atoms with E-state index in [9.17, 15) is 4.79 Å². The molecule has 0 aliphatic rings. The lowest BCUT2D eigenvalue weighted by Crippen LogP contribution is -2.31. The van der Waals surface area contributed by atoms with Gasteiger partial charge in [-0.1, -0.05) is 13.8 Å². The van der Waals surface area contributed by atoms with Gasteiger partial charge in [0.2, 0.25) is 0 Å². The van der Waals surface area contributed by atoms with Crippen LogP contribution in [0.2, 0.25) is 0 Å². The Hall–Kier alpha value is -1.36. The van der Waals surface area contributed by atoms with Gasteiger partial charge in [-0.05, 0) is 39.3 Å². The zero-order chi connectivity index (χ0) is 15.0. The average Bonchev–Trinajstić information content (AvgIpc) is 2.43. The summed E-state index contributed by atoms with van der Waals surface area (Å²) in [6, 6.07) is 1.69. The van der Waals surface area contributed by atoms with Gasteiger partial charge in [-0.25, -0.2) is 4.68 Å². The summed E-state index contributed by atoms with van der Waals surface area (Å²) in [5.41, 5.74) is 0.893. The summed E-state index contributed by atoms with van der Waals surface area (Å²) in [7, 11) is 0.